The quantitative estimate of drug-likeness (QED) is 0.320. The first-order valence-electron chi connectivity index (χ1n) is 8.21. The first-order chi connectivity index (χ1) is 14.2. The maximum Gasteiger partial charge on any atom is 0.418 e. The summed E-state index contributed by atoms with van der Waals surface area (Å²) in [5, 5.41) is 12.5. The Kier molecular flexibility index (Phi) is 6.67. The van der Waals surface area contributed by atoms with Gasteiger partial charge in [0.25, 0.3) is 5.91 Å². The zero-order chi connectivity index (χ0) is 21.7. The summed E-state index contributed by atoms with van der Waals surface area (Å²) in [7, 11) is 0. The van der Waals surface area contributed by atoms with E-state index in [-0.39, 0.29) is 22.1 Å². The number of aromatic nitrogens is 2. The maximum absolute atomic E-state index is 13.0. The Labute approximate surface area is 175 Å². The van der Waals surface area contributed by atoms with Gasteiger partial charge in [0.15, 0.2) is 4.34 Å². The molecule has 0 atom stereocenters. The molecule has 0 aliphatic heterocycles. The number of amides is 2. The Balaban J connectivity index is 1.55. The van der Waals surface area contributed by atoms with Crippen molar-refractivity contribution in [2.75, 3.05) is 16.4 Å². The third kappa shape index (κ3) is 5.76. The Bertz CT molecular complexity index is 1050. The van der Waals surface area contributed by atoms with E-state index in [1.165, 1.54) is 30.3 Å². The zero-order valence-electron chi connectivity index (χ0n) is 14.9. The minimum absolute atomic E-state index is 0.162. The van der Waals surface area contributed by atoms with Crippen LogP contribution in [0.25, 0.3) is 0 Å². The zero-order valence-corrected chi connectivity index (χ0v) is 16.5. The first kappa shape index (κ1) is 21.7. The Hall–Kier alpha value is -2.99. The Morgan fingerprint density at radius 3 is 2.40 bits per heavy atom. The van der Waals surface area contributed by atoms with E-state index >= 15 is 0 Å². The molecule has 0 aliphatic rings. The van der Waals surface area contributed by atoms with E-state index < -0.39 is 29.4 Å². The van der Waals surface area contributed by atoms with Crippen LogP contribution in [-0.2, 0) is 11.0 Å². The topological polar surface area (TPSA) is 84.0 Å². The fourth-order valence-electron chi connectivity index (χ4n) is 2.24. The van der Waals surface area contributed by atoms with Gasteiger partial charge in [0, 0.05) is 5.56 Å². The number of rotatable bonds is 6. The van der Waals surface area contributed by atoms with Crippen molar-refractivity contribution in [3.8, 4) is 0 Å². The summed E-state index contributed by atoms with van der Waals surface area (Å²) in [6.07, 6.45) is -4.59. The van der Waals surface area contributed by atoms with Crippen molar-refractivity contribution in [3.63, 3.8) is 0 Å². The molecule has 0 fully saturated rings. The van der Waals surface area contributed by atoms with Gasteiger partial charge in [0.2, 0.25) is 11.0 Å². The van der Waals surface area contributed by atoms with E-state index in [0.717, 1.165) is 41.3 Å². The van der Waals surface area contributed by atoms with E-state index in [1.54, 1.807) is 0 Å². The van der Waals surface area contributed by atoms with Gasteiger partial charge in [-0.05, 0) is 36.4 Å². The average molecular weight is 456 g/mol. The van der Waals surface area contributed by atoms with Crippen molar-refractivity contribution in [1.29, 1.82) is 0 Å². The van der Waals surface area contributed by atoms with E-state index in [9.17, 15) is 27.2 Å². The number of carbonyl (C=O) groups is 2. The molecule has 6 nitrogen and oxygen atoms in total. The van der Waals surface area contributed by atoms with Gasteiger partial charge >= 0.3 is 6.18 Å². The molecule has 2 aromatic carbocycles. The van der Waals surface area contributed by atoms with Gasteiger partial charge in [0.05, 0.1) is 17.0 Å². The second-order valence-corrected chi connectivity index (χ2v) is 7.91. The molecule has 0 aliphatic carbocycles. The molecule has 0 unspecified atom stereocenters. The van der Waals surface area contributed by atoms with Gasteiger partial charge in [-0.3, -0.25) is 14.9 Å². The summed E-state index contributed by atoms with van der Waals surface area (Å²) >= 11 is 1.95. The van der Waals surface area contributed by atoms with Gasteiger partial charge in [-0.2, -0.15) is 13.2 Å². The lowest BCUT2D eigenvalue weighted by Crippen LogP contribution is -2.18. The minimum Gasteiger partial charge on any atom is -0.325 e. The normalized spacial score (nSPS) is 11.2. The SMILES string of the molecule is O=C(CSc1nnc(NC(=O)c2ccc(F)cc2)s1)Nc1ccccc1C(F)(F)F. The van der Waals surface area contributed by atoms with Crippen LogP contribution in [-0.4, -0.2) is 27.8 Å². The third-order valence-electron chi connectivity index (χ3n) is 3.57. The number of nitrogens with zero attached hydrogens (tertiary/aromatic N) is 2. The number of hydrogen-bond donors (Lipinski definition) is 2. The molecule has 3 aromatic rings. The fraction of sp³-hybridized carbons (Fsp3) is 0.111. The molecule has 0 radical (unpaired) electrons. The number of anilines is 2. The van der Waals surface area contributed by atoms with Gasteiger partial charge in [-0.15, -0.1) is 10.2 Å². The van der Waals surface area contributed by atoms with Gasteiger partial charge < -0.3 is 5.32 Å². The highest BCUT2D eigenvalue weighted by atomic mass is 32.2. The summed E-state index contributed by atoms with van der Waals surface area (Å²) in [5.41, 5.74) is -1.05. The van der Waals surface area contributed by atoms with Crippen LogP contribution in [0, 0.1) is 5.82 Å². The van der Waals surface area contributed by atoms with Crippen LogP contribution in [0.1, 0.15) is 15.9 Å². The number of thioether (sulfide) groups is 1. The molecule has 12 heteroatoms. The highest BCUT2D eigenvalue weighted by molar-refractivity contribution is 8.01. The van der Waals surface area contributed by atoms with Gasteiger partial charge in [-0.25, -0.2) is 4.39 Å². The first-order valence-corrected chi connectivity index (χ1v) is 10.0. The molecule has 2 amide bonds. The van der Waals surface area contributed by atoms with Gasteiger partial charge in [0.1, 0.15) is 5.82 Å². The predicted octanol–water partition coefficient (Wildman–Crippen LogP) is 4.68. The largest absolute Gasteiger partial charge is 0.418 e. The van der Waals surface area contributed by atoms with Crippen molar-refractivity contribution < 1.29 is 27.2 Å². The lowest BCUT2D eigenvalue weighted by molar-refractivity contribution is -0.137. The number of halogens is 4. The summed E-state index contributed by atoms with van der Waals surface area (Å²) < 4.78 is 52.2. The molecule has 0 saturated carbocycles. The van der Waals surface area contributed by atoms with E-state index in [4.69, 9.17) is 0 Å². The summed E-state index contributed by atoms with van der Waals surface area (Å²) in [6, 6.07) is 9.57. The second kappa shape index (κ2) is 9.22. The molecule has 2 N–H and O–H groups in total. The summed E-state index contributed by atoms with van der Waals surface area (Å²) in [6.45, 7) is 0. The van der Waals surface area contributed by atoms with Crippen LogP contribution in [0.15, 0.2) is 52.9 Å². The lowest BCUT2D eigenvalue weighted by Gasteiger charge is -2.13. The third-order valence-corrected chi connectivity index (χ3v) is 5.54. The lowest BCUT2D eigenvalue weighted by atomic mass is 10.1. The van der Waals surface area contributed by atoms with Crippen LogP contribution in [0.3, 0.4) is 0 Å². The van der Waals surface area contributed by atoms with Crippen molar-refractivity contribution in [1.82, 2.24) is 10.2 Å². The maximum atomic E-state index is 13.0. The van der Waals surface area contributed by atoms with Crippen LogP contribution in [0.2, 0.25) is 0 Å². The standard InChI is InChI=1S/C18H12F4N4O2S2/c19-11-7-5-10(6-8-11)15(28)24-16-25-26-17(30-16)29-9-14(27)23-13-4-2-1-3-12(13)18(20,21)22/h1-8H,9H2,(H,23,27)(H,24,25,28). The number of carbonyl (C=O) groups excluding carboxylic acids is 2. The van der Waals surface area contributed by atoms with Crippen molar-refractivity contribution in [2.24, 2.45) is 0 Å². The predicted molar refractivity (Wildman–Crippen MR) is 105 cm³/mol. The van der Waals surface area contributed by atoms with Crippen molar-refractivity contribution >= 4 is 45.7 Å². The summed E-state index contributed by atoms with van der Waals surface area (Å²) in [5.74, 6) is -1.84. The van der Waals surface area contributed by atoms with Crippen molar-refractivity contribution in [3.05, 3.63) is 65.5 Å². The molecule has 3 rings (SSSR count). The Morgan fingerprint density at radius 1 is 1.00 bits per heavy atom. The number of nitrogens with one attached hydrogen (secondary N) is 2. The van der Waals surface area contributed by atoms with Gasteiger partial charge in [-0.1, -0.05) is 35.2 Å². The van der Waals surface area contributed by atoms with Crippen LogP contribution >= 0.6 is 23.1 Å². The van der Waals surface area contributed by atoms with Crippen LogP contribution in [0.5, 0.6) is 0 Å². The molecule has 30 heavy (non-hydrogen) atoms. The average Bonchev–Trinajstić information content (AvgIpc) is 3.14. The number of para-hydroxylation sites is 1. The molecule has 156 valence electrons. The highest BCUT2D eigenvalue weighted by Crippen LogP contribution is 2.34. The minimum atomic E-state index is -4.59. The molecular weight excluding hydrogens is 444 g/mol. The molecule has 0 bridgehead atoms. The fourth-order valence-corrected chi connectivity index (χ4v) is 3.79. The highest BCUT2D eigenvalue weighted by Gasteiger charge is 2.33. The summed E-state index contributed by atoms with van der Waals surface area (Å²) in [4.78, 5) is 24.1. The molecule has 1 heterocycles. The van der Waals surface area contributed by atoms with Crippen LogP contribution < -0.4 is 10.6 Å². The molecule has 1 aromatic heterocycles. The number of alkyl halides is 3. The monoisotopic (exact) mass is 456 g/mol. The molecular formula is C18H12F4N4O2S2. The van der Waals surface area contributed by atoms with E-state index in [2.05, 4.69) is 20.8 Å². The van der Waals surface area contributed by atoms with Crippen molar-refractivity contribution in [2.45, 2.75) is 10.5 Å². The number of hydrogen-bond acceptors (Lipinski definition) is 6. The molecule has 0 spiro atoms. The Morgan fingerprint density at radius 2 is 1.70 bits per heavy atom. The smallest absolute Gasteiger partial charge is 0.325 e. The van der Waals surface area contributed by atoms with Crippen LogP contribution in [0.4, 0.5) is 28.4 Å². The molecule has 0 saturated heterocycles. The van der Waals surface area contributed by atoms with E-state index in [0.29, 0.717) is 4.34 Å². The number of benzene rings is 2. The van der Waals surface area contributed by atoms with E-state index in [1.807, 2.05) is 0 Å². The second-order valence-electron chi connectivity index (χ2n) is 5.71.